The molecule has 1 amide bonds. The largest absolute Gasteiger partial charge is 0.449 e. The Kier molecular flexibility index (Phi) is 6.08. The maximum Gasteiger partial charge on any atom is 0.338 e. The number of carbonyl (C=O) groups is 3. The SMILES string of the molecule is CC(=O)c1ccc(NC(=O)C(C)OC(=O)c2ccc(I)cc2)cc1. The van der Waals surface area contributed by atoms with E-state index in [2.05, 4.69) is 27.9 Å². The third-order valence-electron chi connectivity index (χ3n) is 3.29. The van der Waals surface area contributed by atoms with Gasteiger partial charge in [-0.15, -0.1) is 0 Å². The van der Waals surface area contributed by atoms with Crippen molar-refractivity contribution in [1.82, 2.24) is 0 Å². The summed E-state index contributed by atoms with van der Waals surface area (Å²) >= 11 is 2.14. The number of hydrogen-bond acceptors (Lipinski definition) is 4. The Labute approximate surface area is 153 Å². The van der Waals surface area contributed by atoms with Gasteiger partial charge in [-0.25, -0.2) is 4.79 Å². The second-order valence-electron chi connectivity index (χ2n) is 5.18. The van der Waals surface area contributed by atoms with Crippen LogP contribution in [0.15, 0.2) is 48.5 Å². The molecule has 0 radical (unpaired) electrons. The first-order chi connectivity index (χ1) is 11.4. The minimum atomic E-state index is -0.940. The van der Waals surface area contributed by atoms with E-state index in [1.807, 2.05) is 0 Å². The van der Waals surface area contributed by atoms with Crippen LogP contribution in [-0.4, -0.2) is 23.8 Å². The van der Waals surface area contributed by atoms with Crippen molar-refractivity contribution in [2.75, 3.05) is 5.32 Å². The Bertz CT molecular complexity index is 754. The Morgan fingerprint density at radius 1 is 0.958 bits per heavy atom. The van der Waals surface area contributed by atoms with Crippen molar-refractivity contribution >= 4 is 45.9 Å². The van der Waals surface area contributed by atoms with E-state index in [1.165, 1.54) is 13.8 Å². The number of halogens is 1. The molecule has 0 saturated carbocycles. The maximum atomic E-state index is 12.1. The number of hydrogen-bond donors (Lipinski definition) is 1. The summed E-state index contributed by atoms with van der Waals surface area (Å²) < 4.78 is 6.17. The molecular formula is C18H16INO4. The molecule has 0 heterocycles. The van der Waals surface area contributed by atoms with E-state index in [0.717, 1.165) is 3.57 Å². The lowest BCUT2D eigenvalue weighted by Crippen LogP contribution is -2.30. The van der Waals surface area contributed by atoms with E-state index < -0.39 is 18.0 Å². The molecule has 24 heavy (non-hydrogen) atoms. The number of carbonyl (C=O) groups excluding carboxylic acids is 3. The first-order valence-corrected chi connectivity index (χ1v) is 8.33. The standard InChI is InChI=1S/C18H16INO4/c1-11(21)13-5-9-16(10-6-13)20-17(22)12(2)24-18(23)14-3-7-15(19)8-4-14/h3-10,12H,1-2H3,(H,20,22). The van der Waals surface area contributed by atoms with Crippen LogP contribution in [0, 0.1) is 3.57 Å². The van der Waals surface area contributed by atoms with Crippen molar-refractivity contribution < 1.29 is 19.1 Å². The molecule has 0 bridgehead atoms. The summed E-state index contributed by atoms with van der Waals surface area (Å²) in [5, 5.41) is 2.65. The predicted octanol–water partition coefficient (Wildman–Crippen LogP) is 3.68. The van der Waals surface area contributed by atoms with Gasteiger partial charge in [0.05, 0.1) is 5.56 Å². The normalized spacial score (nSPS) is 11.5. The second kappa shape index (κ2) is 8.05. The van der Waals surface area contributed by atoms with E-state index in [4.69, 9.17) is 4.74 Å². The van der Waals surface area contributed by atoms with Gasteiger partial charge in [0.25, 0.3) is 5.91 Å². The molecule has 124 valence electrons. The van der Waals surface area contributed by atoms with Crippen LogP contribution < -0.4 is 5.32 Å². The smallest absolute Gasteiger partial charge is 0.338 e. The van der Waals surface area contributed by atoms with Crippen LogP contribution in [-0.2, 0) is 9.53 Å². The lowest BCUT2D eigenvalue weighted by Gasteiger charge is -2.13. The fourth-order valence-electron chi connectivity index (χ4n) is 1.90. The molecular weight excluding hydrogens is 421 g/mol. The number of ketones is 1. The number of esters is 1. The zero-order chi connectivity index (χ0) is 17.7. The quantitative estimate of drug-likeness (QED) is 0.440. The first kappa shape index (κ1) is 18.1. The molecule has 0 aliphatic rings. The lowest BCUT2D eigenvalue weighted by molar-refractivity contribution is -0.123. The van der Waals surface area contributed by atoms with Crippen molar-refractivity contribution in [3.63, 3.8) is 0 Å². The predicted molar refractivity (Wildman–Crippen MR) is 99.1 cm³/mol. The lowest BCUT2D eigenvalue weighted by atomic mass is 10.1. The number of benzene rings is 2. The molecule has 1 N–H and O–H groups in total. The monoisotopic (exact) mass is 437 g/mol. The summed E-state index contributed by atoms with van der Waals surface area (Å²) in [6, 6.07) is 13.4. The minimum Gasteiger partial charge on any atom is -0.449 e. The van der Waals surface area contributed by atoms with Gasteiger partial charge in [-0.2, -0.15) is 0 Å². The van der Waals surface area contributed by atoms with Crippen LogP contribution in [0.25, 0.3) is 0 Å². The molecule has 0 fully saturated rings. The first-order valence-electron chi connectivity index (χ1n) is 7.25. The molecule has 2 aromatic rings. The summed E-state index contributed by atoms with van der Waals surface area (Å²) in [6.07, 6.45) is -0.940. The topological polar surface area (TPSA) is 72.5 Å². The highest BCUT2D eigenvalue weighted by atomic mass is 127. The number of Topliss-reactive ketones (excluding diaryl/α,β-unsaturated/α-hetero) is 1. The van der Waals surface area contributed by atoms with Crippen LogP contribution in [0.4, 0.5) is 5.69 Å². The molecule has 0 aliphatic heterocycles. The number of anilines is 1. The van der Waals surface area contributed by atoms with Gasteiger partial charge in [0.2, 0.25) is 0 Å². The van der Waals surface area contributed by atoms with Gasteiger partial charge >= 0.3 is 5.97 Å². The van der Waals surface area contributed by atoms with Gasteiger partial charge in [-0.1, -0.05) is 0 Å². The van der Waals surface area contributed by atoms with Crippen LogP contribution in [0.3, 0.4) is 0 Å². The fraction of sp³-hybridized carbons (Fsp3) is 0.167. The maximum absolute atomic E-state index is 12.1. The molecule has 0 saturated heterocycles. The second-order valence-corrected chi connectivity index (χ2v) is 6.42. The van der Waals surface area contributed by atoms with Crippen LogP contribution in [0.5, 0.6) is 0 Å². The number of rotatable bonds is 5. The minimum absolute atomic E-state index is 0.0484. The van der Waals surface area contributed by atoms with Crippen molar-refractivity contribution in [2.45, 2.75) is 20.0 Å². The van der Waals surface area contributed by atoms with Gasteiger partial charge in [0.1, 0.15) is 0 Å². The molecule has 1 atom stereocenters. The number of amides is 1. The van der Waals surface area contributed by atoms with Gasteiger partial charge < -0.3 is 10.1 Å². The molecule has 1 unspecified atom stereocenters. The summed E-state index contributed by atoms with van der Waals surface area (Å²) in [7, 11) is 0. The van der Waals surface area contributed by atoms with Crippen LogP contribution in [0.1, 0.15) is 34.6 Å². The summed E-state index contributed by atoms with van der Waals surface area (Å²) in [4.78, 5) is 35.3. The van der Waals surface area contributed by atoms with E-state index in [0.29, 0.717) is 16.8 Å². The number of ether oxygens (including phenoxy) is 1. The van der Waals surface area contributed by atoms with Crippen molar-refractivity contribution in [1.29, 1.82) is 0 Å². The van der Waals surface area contributed by atoms with Crippen molar-refractivity contribution in [3.8, 4) is 0 Å². The average Bonchev–Trinajstić information content (AvgIpc) is 2.55. The van der Waals surface area contributed by atoms with Gasteiger partial charge in [0.15, 0.2) is 11.9 Å². The van der Waals surface area contributed by atoms with E-state index in [-0.39, 0.29) is 5.78 Å². The third kappa shape index (κ3) is 4.89. The van der Waals surface area contributed by atoms with Gasteiger partial charge in [0, 0.05) is 14.8 Å². The Balaban J connectivity index is 1.95. The molecule has 0 aliphatic carbocycles. The Hall–Kier alpha value is -2.22. The van der Waals surface area contributed by atoms with Crippen LogP contribution in [0.2, 0.25) is 0 Å². The van der Waals surface area contributed by atoms with Crippen molar-refractivity contribution in [2.24, 2.45) is 0 Å². The third-order valence-corrected chi connectivity index (χ3v) is 4.01. The highest BCUT2D eigenvalue weighted by Crippen LogP contribution is 2.12. The zero-order valence-corrected chi connectivity index (χ0v) is 15.4. The van der Waals surface area contributed by atoms with Crippen molar-refractivity contribution in [3.05, 3.63) is 63.2 Å². The molecule has 2 aromatic carbocycles. The fourth-order valence-corrected chi connectivity index (χ4v) is 2.26. The average molecular weight is 437 g/mol. The number of nitrogens with one attached hydrogen (secondary N) is 1. The highest BCUT2D eigenvalue weighted by molar-refractivity contribution is 14.1. The zero-order valence-electron chi connectivity index (χ0n) is 13.2. The van der Waals surface area contributed by atoms with E-state index in [9.17, 15) is 14.4 Å². The Morgan fingerprint density at radius 2 is 1.50 bits per heavy atom. The van der Waals surface area contributed by atoms with Crippen LogP contribution >= 0.6 is 22.6 Å². The molecule has 0 aromatic heterocycles. The molecule has 0 spiro atoms. The van der Waals surface area contributed by atoms with Gasteiger partial charge in [-0.05, 0) is 85.0 Å². The van der Waals surface area contributed by atoms with E-state index >= 15 is 0 Å². The molecule has 2 rings (SSSR count). The summed E-state index contributed by atoms with van der Waals surface area (Å²) in [6.45, 7) is 2.98. The molecule has 5 nitrogen and oxygen atoms in total. The summed E-state index contributed by atoms with van der Waals surface area (Å²) in [5.74, 6) is -1.04. The molecule has 6 heteroatoms. The van der Waals surface area contributed by atoms with E-state index in [1.54, 1.807) is 48.5 Å². The van der Waals surface area contributed by atoms with Gasteiger partial charge in [-0.3, -0.25) is 9.59 Å². The Morgan fingerprint density at radius 3 is 2.04 bits per heavy atom. The summed E-state index contributed by atoms with van der Waals surface area (Å²) in [5.41, 5.74) is 1.48. The highest BCUT2D eigenvalue weighted by Gasteiger charge is 2.19.